The number of aromatic nitrogens is 1. The lowest BCUT2D eigenvalue weighted by molar-refractivity contribution is -0.119. The van der Waals surface area contributed by atoms with Crippen molar-refractivity contribution in [2.24, 2.45) is 11.3 Å². The van der Waals surface area contributed by atoms with Crippen molar-refractivity contribution in [3.63, 3.8) is 0 Å². The van der Waals surface area contributed by atoms with Gasteiger partial charge in [-0.2, -0.15) is 0 Å². The first-order valence-electron chi connectivity index (χ1n) is 14.4. The van der Waals surface area contributed by atoms with E-state index in [1.165, 1.54) is 5.56 Å². The Labute approximate surface area is 253 Å². The van der Waals surface area contributed by atoms with Gasteiger partial charge in [0.25, 0.3) is 5.91 Å². The van der Waals surface area contributed by atoms with Crippen molar-refractivity contribution in [2.75, 3.05) is 11.9 Å². The van der Waals surface area contributed by atoms with E-state index in [0.29, 0.717) is 34.1 Å². The number of esters is 1. The average molecular weight is 581 g/mol. The molecule has 1 aliphatic carbocycles. The summed E-state index contributed by atoms with van der Waals surface area (Å²) in [7, 11) is 0. The standard InChI is InChI=1S/C36H37ClN2O3/c1-22(2)24-12-16-28(17-13-24)38-32(40)21-42-35(41)33-29-8-6-7-9-31(29)39-34-25(18-23-10-14-27(37)15-11-23)19-26(20-30(33)34)36(3,4)5/h6-18,22,26H,19-21H2,1-5H3,(H,38,40)/b25-18-. The number of ether oxygens (including phenoxy) is 1. The van der Waals surface area contributed by atoms with Crippen molar-refractivity contribution < 1.29 is 14.3 Å². The smallest absolute Gasteiger partial charge is 0.339 e. The van der Waals surface area contributed by atoms with E-state index in [0.717, 1.165) is 34.2 Å². The lowest BCUT2D eigenvalue weighted by Gasteiger charge is -2.36. The van der Waals surface area contributed by atoms with Crippen LogP contribution in [0.25, 0.3) is 22.6 Å². The van der Waals surface area contributed by atoms with E-state index in [-0.39, 0.29) is 23.8 Å². The van der Waals surface area contributed by atoms with E-state index in [9.17, 15) is 9.59 Å². The maximum Gasteiger partial charge on any atom is 0.339 e. The van der Waals surface area contributed by atoms with E-state index >= 15 is 0 Å². The average Bonchev–Trinajstić information content (AvgIpc) is 2.95. The van der Waals surface area contributed by atoms with E-state index in [1.807, 2.05) is 72.8 Å². The maximum atomic E-state index is 13.8. The lowest BCUT2D eigenvalue weighted by atomic mass is 9.69. The highest BCUT2D eigenvalue weighted by Gasteiger charge is 2.35. The molecule has 1 N–H and O–H groups in total. The summed E-state index contributed by atoms with van der Waals surface area (Å²) in [6, 6.07) is 23.1. The van der Waals surface area contributed by atoms with E-state index in [4.69, 9.17) is 21.3 Å². The van der Waals surface area contributed by atoms with Crippen molar-refractivity contribution in [2.45, 2.75) is 53.4 Å². The van der Waals surface area contributed by atoms with Crippen LogP contribution in [-0.4, -0.2) is 23.5 Å². The number of allylic oxidation sites excluding steroid dienone is 1. The minimum atomic E-state index is -0.518. The molecular formula is C36H37ClN2O3. The van der Waals surface area contributed by atoms with Crippen LogP contribution < -0.4 is 5.32 Å². The molecule has 0 radical (unpaired) electrons. The van der Waals surface area contributed by atoms with Crippen LogP contribution >= 0.6 is 11.6 Å². The normalized spacial score (nSPS) is 16.0. The first-order valence-corrected chi connectivity index (χ1v) is 14.8. The minimum absolute atomic E-state index is 0.00536. The summed E-state index contributed by atoms with van der Waals surface area (Å²) in [6.45, 7) is 10.5. The number of amides is 1. The number of halogens is 1. The Hall–Kier alpha value is -3.96. The highest BCUT2D eigenvalue weighted by molar-refractivity contribution is 6.30. The van der Waals surface area contributed by atoms with Crippen molar-refractivity contribution in [3.8, 4) is 0 Å². The number of benzene rings is 3. The summed E-state index contributed by atoms with van der Waals surface area (Å²) >= 11 is 6.14. The fraction of sp³-hybridized carbons (Fsp3) is 0.306. The third kappa shape index (κ3) is 6.57. The van der Waals surface area contributed by atoms with E-state index in [2.05, 4.69) is 46.0 Å². The molecule has 1 unspecified atom stereocenters. The summed E-state index contributed by atoms with van der Waals surface area (Å²) in [5.41, 5.74) is 6.82. The van der Waals surface area contributed by atoms with Crippen molar-refractivity contribution >= 4 is 51.7 Å². The van der Waals surface area contributed by atoms with Gasteiger partial charge in [-0.3, -0.25) is 4.79 Å². The summed E-state index contributed by atoms with van der Waals surface area (Å²) < 4.78 is 5.67. The molecule has 1 aliphatic rings. The molecule has 1 aromatic heterocycles. The summed E-state index contributed by atoms with van der Waals surface area (Å²) in [5.74, 6) is -0.231. The Morgan fingerprint density at radius 1 is 1.00 bits per heavy atom. The minimum Gasteiger partial charge on any atom is -0.452 e. The van der Waals surface area contributed by atoms with Gasteiger partial charge in [-0.15, -0.1) is 0 Å². The van der Waals surface area contributed by atoms with Gasteiger partial charge >= 0.3 is 5.97 Å². The van der Waals surface area contributed by atoms with Crippen LogP contribution in [0.4, 0.5) is 5.69 Å². The molecule has 0 bridgehead atoms. The van der Waals surface area contributed by atoms with Gasteiger partial charge < -0.3 is 10.1 Å². The molecule has 216 valence electrons. The second kappa shape index (κ2) is 12.1. The number of carbonyl (C=O) groups is 2. The highest BCUT2D eigenvalue weighted by atomic mass is 35.5. The quantitative estimate of drug-likeness (QED) is 0.231. The van der Waals surface area contributed by atoms with Gasteiger partial charge in [0.1, 0.15) is 0 Å². The second-order valence-corrected chi connectivity index (χ2v) is 12.9. The second-order valence-electron chi connectivity index (χ2n) is 12.4. The predicted octanol–water partition coefficient (Wildman–Crippen LogP) is 8.96. The Morgan fingerprint density at radius 3 is 2.36 bits per heavy atom. The zero-order valence-electron chi connectivity index (χ0n) is 24.8. The molecule has 0 saturated carbocycles. The molecule has 5 nitrogen and oxygen atoms in total. The number of nitrogens with zero attached hydrogens (tertiary/aromatic N) is 1. The van der Waals surface area contributed by atoms with Crippen LogP contribution in [0, 0.1) is 11.3 Å². The number of pyridine rings is 1. The van der Waals surface area contributed by atoms with Gasteiger partial charge in [-0.05, 0) is 88.8 Å². The van der Waals surface area contributed by atoms with Crippen LogP contribution in [0.2, 0.25) is 5.02 Å². The topological polar surface area (TPSA) is 68.3 Å². The summed E-state index contributed by atoms with van der Waals surface area (Å²) in [5, 5.41) is 4.24. The Kier molecular flexibility index (Phi) is 8.51. The predicted molar refractivity (Wildman–Crippen MR) is 172 cm³/mol. The SMILES string of the molecule is CC(C)c1ccc(NC(=O)COC(=O)c2c3c(nc4ccccc24)/C(=C\c2ccc(Cl)cc2)CC(C(C)(C)C)C3)cc1. The molecule has 3 aromatic carbocycles. The van der Waals surface area contributed by atoms with Gasteiger partial charge in [0, 0.05) is 16.1 Å². The molecule has 0 aliphatic heterocycles. The molecule has 5 rings (SSSR count). The first-order chi connectivity index (χ1) is 20.0. The molecule has 1 atom stereocenters. The van der Waals surface area contributed by atoms with Gasteiger partial charge in [-0.1, -0.05) is 88.7 Å². The van der Waals surface area contributed by atoms with Gasteiger partial charge in [0.2, 0.25) is 0 Å². The monoisotopic (exact) mass is 580 g/mol. The van der Waals surface area contributed by atoms with Crippen LogP contribution in [0.1, 0.15) is 79.7 Å². The number of carbonyl (C=O) groups excluding carboxylic acids is 2. The molecule has 0 fully saturated rings. The van der Waals surface area contributed by atoms with Crippen LogP contribution in [0.15, 0.2) is 72.8 Å². The Bertz CT molecular complexity index is 1650. The number of hydrogen-bond donors (Lipinski definition) is 1. The van der Waals surface area contributed by atoms with E-state index < -0.39 is 5.97 Å². The van der Waals surface area contributed by atoms with Crippen molar-refractivity contribution in [3.05, 3.63) is 106 Å². The van der Waals surface area contributed by atoms with Gasteiger partial charge in [0.05, 0.1) is 16.8 Å². The molecule has 4 aromatic rings. The fourth-order valence-electron chi connectivity index (χ4n) is 5.48. The Morgan fingerprint density at radius 2 is 1.69 bits per heavy atom. The third-order valence-corrected chi connectivity index (χ3v) is 8.30. The number of fused-ring (bicyclic) bond motifs is 2. The first kappa shape index (κ1) is 29.5. The summed E-state index contributed by atoms with van der Waals surface area (Å²) in [6.07, 6.45) is 3.66. The van der Waals surface area contributed by atoms with Gasteiger partial charge in [0.15, 0.2) is 6.61 Å². The number of rotatable bonds is 6. The fourth-order valence-corrected chi connectivity index (χ4v) is 5.61. The van der Waals surface area contributed by atoms with E-state index in [1.54, 1.807) is 0 Å². The summed E-state index contributed by atoms with van der Waals surface area (Å²) in [4.78, 5) is 31.6. The number of hydrogen-bond acceptors (Lipinski definition) is 4. The van der Waals surface area contributed by atoms with Crippen LogP contribution in [0.3, 0.4) is 0 Å². The molecule has 1 amide bonds. The van der Waals surface area contributed by atoms with Crippen LogP contribution in [0.5, 0.6) is 0 Å². The zero-order chi connectivity index (χ0) is 30.0. The Balaban J connectivity index is 1.49. The molecule has 6 heteroatoms. The number of para-hydroxylation sites is 1. The third-order valence-electron chi connectivity index (χ3n) is 8.05. The molecule has 1 heterocycles. The number of nitrogens with one attached hydrogen (secondary N) is 1. The maximum absolute atomic E-state index is 13.8. The highest BCUT2D eigenvalue weighted by Crippen LogP contribution is 2.45. The largest absolute Gasteiger partial charge is 0.452 e. The number of anilines is 1. The molecule has 0 saturated heterocycles. The molecular weight excluding hydrogens is 544 g/mol. The lowest BCUT2D eigenvalue weighted by Crippen LogP contribution is -2.29. The van der Waals surface area contributed by atoms with Crippen LogP contribution in [-0.2, 0) is 16.0 Å². The van der Waals surface area contributed by atoms with Crippen molar-refractivity contribution in [1.29, 1.82) is 0 Å². The molecule has 0 spiro atoms. The molecule has 42 heavy (non-hydrogen) atoms. The van der Waals surface area contributed by atoms with Crippen molar-refractivity contribution in [1.82, 2.24) is 4.98 Å². The van der Waals surface area contributed by atoms with Gasteiger partial charge in [-0.25, -0.2) is 9.78 Å². The zero-order valence-corrected chi connectivity index (χ0v) is 25.6.